The van der Waals surface area contributed by atoms with Gasteiger partial charge in [0.05, 0.1) is 5.60 Å². The van der Waals surface area contributed by atoms with Crippen molar-refractivity contribution in [1.82, 2.24) is 0 Å². The van der Waals surface area contributed by atoms with Crippen molar-refractivity contribution in [2.24, 2.45) is 5.92 Å². The fourth-order valence-corrected chi connectivity index (χ4v) is 4.31. The molecule has 0 bridgehead atoms. The van der Waals surface area contributed by atoms with Crippen molar-refractivity contribution in [2.75, 3.05) is 0 Å². The van der Waals surface area contributed by atoms with Gasteiger partial charge in [0.1, 0.15) is 5.75 Å². The average Bonchev–Trinajstić information content (AvgIpc) is 2.59. The third-order valence-corrected chi connectivity index (χ3v) is 5.55. The van der Waals surface area contributed by atoms with Crippen LogP contribution in [0.2, 0.25) is 5.02 Å². The normalized spacial score (nSPS) is 26.4. The summed E-state index contributed by atoms with van der Waals surface area (Å²) in [5.74, 6) is -1.08. The Labute approximate surface area is 165 Å². The molecule has 1 aliphatic carbocycles. The van der Waals surface area contributed by atoms with Crippen LogP contribution in [0.4, 0.5) is 0 Å². The zero-order chi connectivity index (χ0) is 19.8. The smallest absolute Gasteiger partial charge is 0.355 e. The molecular formula is C21H27ClO5. The molecule has 2 atom stereocenters. The highest BCUT2D eigenvalue weighted by molar-refractivity contribution is 6.30. The number of Topliss-reactive ketones (excluding diaryl/α,β-unsaturated/α-hetero) is 1. The lowest BCUT2D eigenvalue weighted by Gasteiger charge is -2.44. The molecule has 2 aliphatic rings. The SMILES string of the molecule is CC(=O)C1(OOC(C)(C)C)C(=O)Oc2ccc(Cl)cc2C1C1CCCCC1. The molecule has 1 aromatic carbocycles. The van der Waals surface area contributed by atoms with E-state index in [9.17, 15) is 9.59 Å². The largest absolute Gasteiger partial charge is 0.424 e. The monoisotopic (exact) mass is 394 g/mol. The van der Waals surface area contributed by atoms with Gasteiger partial charge in [-0.1, -0.05) is 30.9 Å². The molecule has 27 heavy (non-hydrogen) atoms. The zero-order valence-corrected chi connectivity index (χ0v) is 17.1. The van der Waals surface area contributed by atoms with Crippen molar-refractivity contribution in [3.63, 3.8) is 0 Å². The van der Waals surface area contributed by atoms with E-state index in [-0.39, 0.29) is 5.92 Å². The van der Waals surface area contributed by atoms with E-state index in [4.69, 9.17) is 26.1 Å². The molecule has 3 rings (SSSR count). The molecule has 0 saturated heterocycles. The summed E-state index contributed by atoms with van der Waals surface area (Å²) in [7, 11) is 0. The number of esters is 1. The molecule has 1 aliphatic heterocycles. The second-order valence-corrected chi connectivity index (χ2v) is 8.95. The molecule has 148 valence electrons. The number of hydrogen-bond acceptors (Lipinski definition) is 5. The van der Waals surface area contributed by atoms with Gasteiger partial charge >= 0.3 is 5.97 Å². The van der Waals surface area contributed by atoms with Gasteiger partial charge in [0.2, 0.25) is 0 Å². The van der Waals surface area contributed by atoms with Gasteiger partial charge in [-0.15, -0.1) is 0 Å². The third-order valence-electron chi connectivity index (χ3n) is 5.32. The van der Waals surface area contributed by atoms with Crippen LogP contribution in [0.15, 0.2) is 18.2 Å². The highest BCUT2D eigenvalue weighted by Gasteiger charge is 2.61. The summed E-state index contributed by atoms with van der Waals surface area (Å²) in [4.78, 5) is 37.2. The number of benzene rings is 1. The number of rotatable bonds is 4. The van der Waals surface area contributed by atoms with Crippen LogP contribution < -0.4 is 4.74 Å². The van der Waals surface area contributed by atoms with E-state index in [1.54, 1.807) is 39.0 Å². The topological polar surface area (TPSA) is 61.8 Å². The minimum absolute atomic E-state index is 0.108. The maximum absolute atomic E-state index is 13.1. The molecule has 1 aromatic rings. The van der Waals surface area contributed by atoms with E-state index in [2.05, 4.69) is 0 Å². The fraction of sp³-hybridized carbons (Fsp3) is 0.619. The van der Waals surface area contributed by atoms with Gasteiger partial charge in [-0.05, 0) is 64.7 Å². The van der Waals surface area contributed by atoms with Crippen molar-refractivity contribution < 1.29 is 24.1 Å². The van der Waals surface area contributed by atoms with E-state index in [1.807, 2.05) is 0 Å². The minimum atomic E-state index is -1.83. The second kappa shape index (κ2) is 7.53. The Morgan fingerprint density at radius 2 is 1.89 bits per heavy atom. The zero-order valence-electron chi connectivity index (χ0n) is 16.3. The third kappa shape index (κ3) is 3.91. The summed E-state index contributed by atoms with van der Waals surface area (Å²) in [6.07, 6.45) is 5.10. The Bertz CT molecular complexity index is 733. The van der Waals surface area contributed by atoms with Gasteiger partial charge in [-0.25, -0.2) is 14.6 Å². The minimum Gasteiger partial charge on any atom is -0.424 e. The number of fused-ring (bicyclic) bond motifs is 1. The van der Waals surface area contributed by atoms with Gasteiger partial charge in [-0.3, -0.25) is 4.79 Å². The highest BCUT2D eigenvalue weighted by atomic mass is 35.5. The highest BCUT2D eigenvalue weighted by Crippen LogP contribution is 2.51. The predicted molar refractivity (Wildman–Crippen MR) is 102 cm³/mol. The number of ketones is 1. The molecule has 0 N–H and O–H groups in total. The van der Waals surface area contributed by atoms with Crippen LogP contribution in [0.3, 0.4) is 0 Å². The van der Waals surface area contributed by atoms with Gasteiger partial charge in [0.25, 0.3) is 5.60 Å². The Kier molecular flexibility index (Phi) is 5.67. The molecule has 2 unspecified atom stereocenters. The van der Waals surface area contributed by atoms with Gasteiger partial charge < -0.3 is 4.74 Å². The second-order valence-electron chi connectivity index (χ2n) is 8.52. The Hall–Kier alpha value is -1.43. The first-order valence-electron chi connectivity index (χ1n) is 9.55. The molecule has 0 aromatic heterocycles. The van der Waals surface area contributed by atoms with E-state index in [0.29, 0.717) is 10.8 Å². The van der Waals surface area contributed by atoms with Crippen LogP contribution >= 0.6 is 11.6 Å². The molecule has 5 nitrogen and oxygen atoms in total. The molecule has 1 fully saturated rings. The first-order chi connectivity index (χ1) is 12.6. The summed E-state index contributed by atoms with van der Waals surface area (Å²) >= 11 is 6.24. The first-order valence-corrected chi connectivity index (χ1v) is 9.92. The van der Waals surface area contributed by atoms with Crippen LogP contribution in [-0.2, 0) is 19.4 Å². The summed E-state index contributed by atoms with van der Waals surface area (Å²) in [6.45, 7) is 6.76. The van der Waals surface area contributed by atoms with Gasteiger partial charge in [0, 0.05) is 16.5 Å². The molecule has 0 amide bonds. The summed E-state index contributed by atoms with van der Waals surface area (Å²) in [5.41, 5.74) is -1.77. The number of carbonyl (C=O) groups excluding carboxylic acids is 2. The summed E-state index contributed by atoms with van der Waals surface area (Å²) in [5, 5.41) is 0.529. The van der Waals surface area contributed by atoms with E-state index in [1.165, 1.54) is 6.92 Å². The van der Waals surface area contributed by atoms with Crippen molar-refractivity contribution in [3.8, 4) is 5.75 Å². The molecular weight excluding hydrogens is 368 g/mol. The van der Waals surface area contributed by atoms with Crippen LogP contribution in [0.25, 0.3) is 0 Å². The summed E-state index contributed by atoms with van der Waals surface area (Å²) < 4.78 is 5.53. The summed E-state index contributed by atoms with van der Waals surface area (Å²) in [6, 6.07) is 5.14. The quantitative estimate of drug-likeness (QED) is 0.236. The lowest BCUT2D eigenvalue weighted by molar-refractivity contribution is -0.392. The van der Waals surface area contributed by atoms with E-state index in [0.717, 1.165) is 37.7 Å². The first kappa shape index (κ1) is 20.3. The Morgan fingerprint density at radius 1 is 1.22 bits per heavy atom. The molecule has 0 spiro atoms. The van der Waals surface area contributed by atoms with Gasteiger partial charge in [0.15, 0.2) is 5.78 Å². The maximum atomic E-state index is 13.1. The number of hydrogen-bond donors (Lipinski definition) is 0. The average molecular weight is 395 g/mol. The fourth-order valence-electron chi connectivity index (χ4n) is 4.13. The van der Waals surface area contributed by atoms with E-state index < -0.39 is 28.9 Å². The molecule has 1 heterocycles. The lowest BCUT2D eigenvalue weighted by atomic mass is 9.66. The number of halogens is 1. The molecule has 1 saturated carbocycles. The van der Waals surface area contributed by atoms with Crippen LogP contribution in [0.5, 0.6) is 5.75 Å². The van der Waals surface area contributed by atoms with Gasteiger partial charge in [-0.2, -0.15) is 0 Å². The van der Waals surface area contributed by atoms with E-state index >= 15 is 0 Å². The number of carbonyl (C=O) groups is 2. The molecule has 6 heteroatoms. The van der Waals surface area contributed by atoms with Crippen molar-refractivity contribution >= 4 is 23.4 Å². The van der Waals surface area contributed by atoms with Crippen LogP contribution in [0.1, 0.15) is 71.3 Å². The maximum Gasteiger partial charge on any atom is 0.355 e. The lowest BCUT2D eigenvalue weighted by Crippen LogP contribution is -2.59. The predicted octanol–water partition coefficient (Wildman–Crippen LogP) is 5.00. The van der Waals surface area contributed by atoms with Crippen molar-refractivity contribution in [1.29, 1.82) is 0 Å². The van der Waals surface area contributed by atoms with Crippen LogP contribution in [0, 0.1) is 5.92 Å². The van der Waals surface area contributed by atoms with Crippen LogP contribution in [-0.4, -0.2) is 23.0 Å². The standard InChI is InChI=1S/C21H27ClO5/c1-13(23)21(27-26-20(2,3)4)18(14-8-6-5-7-9-14)16-12-15(22)10-11-17(16)25-19(21)24/h10-12,14,18H,5-9H2,1-4H3. The van der Waals surface area contributed by atoms with Crippen molar-refractivity contribution in [2.45, 2.75) is 76.9 Å². The Morgan fingerprint density at radius 3 is 2.48 bits per heavy atom. The Balaban J connectivity index is 2.15. The number of ether oxygens (including phenoxy) is 1. The van der Waals surface area contributed by atoms with Crippen molar-refractivity contribution in [3.05, 3.63) is 28.8 Å². The molecule has 0 radical (unpaired) electrons.